The summed E-state index contributed by atoms with van der Waals surface area (Å²) >= 11 is 0. The zero-order valence-electron chi connectivity index (χ0n) is 28.7. The van der Waals surface area contributed by atoms with Crippen LogP contribution in [0.2, 0.25) is 0 Å². The Morgan fingerprint density at radius 2 is 1.79 bits per heavy atom. The van der Waals surface area contributed by atoms with Crippen molar-refractivity contribution in [3.63, 3.8) is 0 Å². The SMILES string of the molecule is CCCCC1CC(C23C[C@@H]4[C@H](C)CC[C@H]4C4(C=O)CC2C=C(C(C)C)C34C(=O)O)OC1CN(Cc1ccccn1)Cc1ccccn1. The smallest absolute Gasteiger partial charge is 0.315 e. The molecule has 4 aliphatic carbocycles. The number of carbonyl (C=O) groups excluding carboxylic acids is 1. The van der Waals surface area contributed by atoms with Crippen LogP contribution in [0, 0.1) is 51.8 Å². The van der Waals surface area contributed by atoms with Crippen molar-refractivity contribution in [3.05, 3.63) is 71.8 Å². The second-order valence-electron chi connectivity index (χ2n) is 16.0. The van der Waals surface area contributed by atoms with Crippen molar-refractivity contribution in [3.8, 4) is 0 Å². The zero-order valence-corrected chi connectivity index (χ0v) is 28.7. The highest BCUT2D eigenvalue weighted by Crippen LogP contribution is 2.84. The number of aliphatic carboxylic acids is 1. The normalized spacial score (nSPS) is 38.6. The Hall–Kier alpha value is -2.90. The van der Waals surface area contributed by atoms with Gasteiger partial charge in [-0.25, -0.2) is 0 Å². The molecule has 0 radical (unpaired) electrons. The summed E-state index contributed by atoms with van der Waals surface area (Å²) in [4.78, 5) is 39.5. The first-order valence-corrected chi connectivity index (χ1v) is 18.3. The fourth-order valence-electron chi connectivity index (χ4n) is 11.8. The Morgan fingerprint density at radius 1 is 1.09 bits per heavy atom. The predicted octanol–water partition coefficient (Wildman–Crippen LogP) is 7.37. The molecule has 2 aromatic rings. The van der Waals surface area contributed by atoms with E-state index in [0.717, 1.165) is 74.7 Å². The summed E-state index contributed by atoms with van der Waals surface area (Å²) in [6.07, 6.45) is 14.6. The number of aldehydes is 1. The molecule has 2 aromatic heterocycles. The Labute approximate surface area is 280 Å². The van der Waals surface area contributed by atoms with Gasteiger partial charge in [0.25, 0.3) is 0 Å². The molecule has 1 saturated heterocycles. The minimum Gasteiger partial charge on any atom is -0.481 e. The minimum absolute atomic E-state index is 0.0361. The van der Waals surface area contributed by atoms with Crippen LogP contribution < -0.4 is 0 Å². The van der Waals surface area contributed by atoms with Gasteiger partial charge in [-0.15, -0.1) is 0 Å². The Balaban J connectivity index is 1.28. The van der Waals surface area contributed by atoms with Crippen LogP contribution in [0.1, 0.15) is 90.4 Å². The number of pyridine rings is 2. The number of hydrogen-bond donors (Lipinski definition) is 1. The molecular weight excluding hydrogens is 586 g/mol. The molecule has 7 unspecified atom stereocenters. The van der Waals surface area contributed by atoms with Gasteiger partial charge in [0.1, 0.15) is 11.7 Å². The third kappa shape index (κ3) is 4.80. The lowest BCUT2D eigenvalue weighted by molar-refractivity contribution is -0.197. The van der Waals surface area contributed by atoms with Crippen LogP contribution in [0.3, 0.4) is 0 Å². The van der Waals surface area contributed by atoms with Crippen LogP contribution >= 0.6 is 0 Å². The van der Waals surface area contributed by atoms with Gasteiger partial charge in [0.2, 0.25) is 0 Å². The highest BCUT2D eigenvalue weighted by atomic mass is 16.5. The molecule has 4 bridgehead atoms. The number of carboxylic acids is 1. The summed E-state index contributed by atoms with van der Waals surface area (Å²) in [6, 6.07) is 12.1. The maximum Gasteiger partial charge on any atom is 0.315 e. The van der Waals surface area contributed by atoms with E-state index in [1.165, 1.54) is 0 Å². The molecule has 4 fully saturated rings. The number of unbranched alkanes of at least 4 members (excludes halogenated alkanes) is 1. The maximum atomic E-state index is 14.1. The molecule has 3 heterocycles. The molecule has 7 rings (SSSR count). The summed E-state index contributed by atoms with van der Waals surface area (Å²) < 4.78 is 7.40. The third-order valence-electron chi connectivity index (χ3n) is 13.5. The van der Waals surface area contributed by atoms with E-state index in [0.29, 0.717) is 37.3 Å². The molecule has 1 aliphatic heterocycles. The number of allylic oxidation sites excluding steroid dienone is 1. The summed E-state index contributed by atoms with van der Waals surface area (Å²) in [5, 5.41) is 11.6. The van der Waals surface area contributed by atoms with Gasteiger partial charge in [-0.3, -0.25) is 19.7 Å². The first-order valence-electron chi connectivity index (χ1n) is 18.3. The van der Waals surface area contributed by atoms with Gasteiger partial charge >= 0.3 is 5.97 Å². The lowest BCUT2D eigenvalue weighted by atomic mass is 9.41. The number of carboxylic acid groups (broad SMARTS) is 1. The summed E-state index contributed by atoms with van der Waals surface area (Å²) in [7, 11) is 0. The number of fused-ring (bicyclic) bond motifs is 2. The second-order valence-corrected chi connectivity index (χ2v) is 16.0. The molecule has 5 aliphatic rings. The van der Waals surface area contributed by atoms with Gasteiger partial charge < -0.3 is 14.6 Å². The lowest BCUT2D eigenvalue weighted by Gasteiger charge is -2.60. The fourth-order valence-corrected chi connectivity index (χ4v) is 11.8. The van der Waals surface area contributed by atoms with Crippen molar-refractivity contribution in [1.29, 1.82) is 0 Å². The molecule has 7 heteroatoms. The van der Waals surface area contributed by atoms with Crippen LogP contribution in [-0.2, 0) is 27.4 Å². The van der Waals surface area contributed by atoms with Crippen LogP contribution in [0.4, 0.5) is 0 Å². The van der Waals surface area contributed by atoms with E-state index in [1.807, 2.05) is 36.7 Å². The van der Waals surface area contributed by atoms with Gasteiger partial charge in [-0.2, -0.15) is 0 Å². The summed E-state index contributed by atoms with van der Waals surface area (Å²) in [6.45, 7) is 10.9. The zero-order chi connectivity index (χ0) is 33.0. The highest BCUT2D eigenvalue weighted by Gasteiger charge is 2.86. The summed E-state index contributed by atoms with van der Waals surface area (Å²) in [5.74, 6) is 0.628. The molecule has 7 nitrogen and oxygen atoms in total. The number of ether oxygens (including phenoxy) is 1. The van der Waals surface area contributed by atoms with Gasteiger partial charge in [0.05, 0.1) is 29.0 Å². The molecular formula is C40H53N3O4. The molecule has 0 spiro atoms. The number of nitrogens with zero attached hydrogens (tertiary/aromatic N) is 3. The first kappa shape index (κ1) is 32.6. The second kappa shape index (κ2) is 12.5. The lowest BCUT2D eigenvalue weighted by Crippen LogP contribution is -2.65. The van der Waals surface area contributed by atoms with Gasteiger partial charge in [-0.05, 0) is 91.9 Å². The van der Waals surface area contributed by atoms with E-state index in [4.69, 9.17) is 4.74 Å². The Morgan fingerprint density at radius 3 is 2.36 bits per heavy atom. The van der Waals surface area contributed by atoms with Crippen molar-refractivity contribution < 1.29 is 19.4 Å². The minimum atomic E-state index is -1.21. The van der Waals surface area contributed by atoms with E-state index >= 15 is 0 Å². The van der Waals surface area contributed by atoms with Crippen LogP contribution in [0.25, 0.3) is 0 Å². The molecule has 3 saturated carbocycles. The fraction of sp³-hybridized carbons (Fsp3) is 0.650. The van der Waals surface area contributed by atoms with E-state index in [2.05, 4.69) is 60.8 Å². The molecule has 47 heavy (non-hydrogen) atoms. The monoisotopic (exact) mass is 639 g/mol. The average molecular weight is 640 g/mol. The molecule has 0 aromatic carbocycles. The van der Waals surface area contributed by atoms with Crippen molar-refractivity contribution in [2.24, 2.45) is 51.8 Å². The molecule has 0 amide bonds. The largest absolute Gasteiger partial charge is 0.481 e. The Kier molecular flexibility index (Phi) is 8.70. The van der Waals surface area contributed by atoms with Crippen molar-refractivity contribution in [1.82, 2.24) is 14.9 Å². The molecule has 10 atom stereocenters. The van der Waals surface area contributed by atoms with Crippen LogP contribution in [-0.4, -0.2) is 51.0 Å². The molecule has 1 N–H and O–H groups in total. The van der Waals surface area contributed by atoms with E-state index in [9.17, 15) is 14.7 Å². The summed E-state index contributed by atoms with van der Waals surface area (Å²) in [5.41, 5.74) is 0.338. The van der Waals surface area contributed by atoms with E-state index in [-0.39, 0.29) is 30.0 Å². The first-order chi connectivity index (χ1) is 22.7. The predicted molar refractivity (Wildman–Crippen MR) is 181 cm³/mol. The Bertz CT molecular complexity index is 1440. The number of rotatable bonds is 13. The van der Waals surface area contributed by atoms with Gasteiger partial charge in [-0.1, -0.05) is 70.7 Å². The third-order valence-corrected chi connectivity index (χ3v) is 13.5. The van der Waals surface area contributed by atoms with Crippen LogP contribution in [0.15, 0.2) is 60.4 Å². The maximum absolute atomic E-state index is 14.1. The van der Waals surface area contributed by atoms with Gasteiger partial charge in [0.15, 0.2) is 0 Å². The average Bonchev–Trinajstić information content (AvgIpc) is 3.78. The van der Waals surface area contributed by atoms with Gasteiger partial charge in [0, 0.05) is 37.4 Å². The van der Waals surface area contributed by atoms with Crippen LogP contribution in [0.5, 0.6) is 0 Å². The number of hydrogen-bond acceptors (Lipinski definition) is 6. The number of carbonyl (C=O) groups is 2. The van der Waals surface area contributed by atoms with E-state index < -0.39 is 22.2 Å². The van der Waals surface area contributed by atoms with Crippen molar-refractivity contribution in [2.75, 3.05) is 6.54 Å². The van der Waals surface area contributed by atoms with E-state index in [1.54, 1.807) is 0 Å². The molecule has 252 valence electrons. The standard InChI is InChI=1S/C40H53N3O4/c1-5-6-11-28-18-36(47-35(28)24-43(22-30-12-7-9-16-41-30)23-31-13-8-10-17-42-31)39-21-32-27(4)14-15-33(32)38(25-44)20-29(39)19-34(26(2)3)40(38,39)37(45)46/h7-10,12-13,16-17,19,25-29,32-33,35-36H,5-6,11,14-15,18,20-24H2,1-4H3,(H,45,46)/t27-,28?,29?,32-,33-,35?,36?,38?,39?,40?/m1/s1. The topological polar surface area (TPSA) is 92.6 Å². The highest BCUT2D eigenvalue weighted by molar-refractivity contribution is 5.90. The quantitative estimate of drug-likeness (QED) is 0.181. The number of aromatic nitrogens is 2. The van der Waals surface area contributed by atoms with Crippen molar-refractivity contribution in [2.45, 2.75) is 104 Å². The van der Waals surface area contributed by atoms with Crippen molar-refractivity contribution >= 4 is 12.3 Å².